The topological polar surface area (TPSA) is 590 Å². The van der Waals surface area contributed by atoms with Crippen molar-refractivity contribution in [3.63, 3.8) is 0 Å². The molecule has 3 heterocycles. The fraction of sp³-hybridized carbons (Fsp3) is 0.609. The molecule has 0 aromatic carbocycles. The molecule has 0 bridgehead atoms. The fourth-order valence-electron chi connectivity index (χ4n) is 8.24. The Morgan fingerprint density at radius 1 is 0.442 bits per heavy atom. The summed E-state index contributed by atoms with van der Waals surface area (Å²) < 4.78 is 4.20. The second kappa shape index (κ2) is 74.7. The fourth-order valence-corrected chi connectivity index (χ4v) is 8.24. The Balaban J connectivity index is -0.000000166. The van der Waals surface area contributed by atoms with Gasteiger partial charge in [0.05, 0.1) is 0 Å². The number of rotatable bonds is 22. The van der Waals surface area contributed by atoms with Crippen molar-refractivity contribution in [1.29, 1.82) is 0 Å². The van der Waals surface area contributed by atoms with Gasteiger partial charge in [-0.2, -0.15) is 35.9 Å². The van der Waals surface area contributed by atoms with Crippen LogP contribution in [0.3, 0.4) is 0 Å². The molecule has 3 aliphatic carbocycles. The van der Waals surface area contributed by atoms with E-state index < -0.39 is 76.4 Å². The maximum absolute atomic E-state index is 11.1. The van der Waals surface area contributed by atoms with Crippen molar-refractivity contribution in [2.24, 2.45) is 17.8 Å². The van der Waals surface area contributed by atoms with Crippen LogP contribution < -0.4 is 10.6 Å². The van der Waals surface area contributed by atoms with E-state index in [4.69, 9.17) is 111 Å². The number of carboxylic acids is 8. The molecule has 6 atom stereocenters. The van der Waals surface area contributed by atoms with Gasteiger partial charge in [0.25, 0.3) is 41.4 Å². The molecule has 3 aliphatic heterocycles. The number of carbonyl (C=O) groups is 16. The molecule has 0 aromatic rings. The largest absolute Gasteiger partial charge is 2.00 e. The van der Waals surface area contributed by atoms with Gasteiger partial charge in [-0.3, -0.25) is 57.9 Å². The van der Waals surface area contributed by atoms with E-state index in [1.807, 2.05) is 0 Å². The van der Waals surface area contributed by atoms with Gasteiger partial charge in [-0.25, -0.2) is 33.6 Å². The van der Waals surface area contributed by atoms with E-state index in [-0.39, 0.29) is 115 Å². The summed E-state index contributed by atoms with van der Waals surface area (Å²) in [7, 11) is 11.1. The van der Waals surface area contributed by atoms with Crippen molar-refractivity contribution in [3.05, 3.63) is 74.4 Å². The monoisotopic (exact) mass is 2070 g/mol. The van der Waals surface area contributed by atoms with Crippen molar-refractivity contribution in [2.75, 3.05) is 46.4 Å². The molecule has 8 amide bonds. The third-order valence-corrected chi connectivity index (χ3v) is 13.5. The summed E-state index contributed by atoms with van der Waals surface area (Å²) >= 11 is -0.472. The third-order valence-electron chi connectivity index (χ3n) is 13.5. The Bertz CT molecular complexity index is 2370. The third kappa shape index (κ3) is 76.6. The Hall–Kier alpha value is -6.58. The molecule has 15 N–H and O–H groups in total. The van der Waals surface area contributed by atoms with Crippen LogP contribution in [0.4, 0.5) is 9.59 Å². The van der Waals surface area contributed by atoms with Crippen molar-refractivity contribution in [1.82, 2.24) is 25.3 Å². The molecule has 6 rings (SSSR count). The van der Waals surface area contributed by atoms with Crippen molar-refractivity contribution >= 4 is 114 Å². The van der Waals surface area contributed by atoms with Gasteiger partial charge in [-0.15, -0.1) is 0 Å². The minimum atomic E-state index is -1.82. The number of nitrogens with one attached hydrogen (secondary N) is 5. The van der Waals surface area contributed by atoms with Gasteiger partial charge in [-0.05, 0) is 51.9 Å². The molecule has 3 saturated carbocycles. The van der Waals surface area contributed by atoms with E-state index in [9.17, 15) is 52.7 Å². The minimum absolute atomic E-state index is 0. The van der Waals surface area contributed by atoms with E-state index in [2.05, 4.69) is 36.1 Å². The van der Waals surface area contributed by atoms with Gasteiger partial charge in [-0.1, -0.05) is 96.3 Å². The molecule has 6 aliphatic rings. The summed E-state index contributed by atoms with van der Waals surface area (Å²) in [5, 5.41) is 82.0. The normalized spacial score (nSPS) is 18.1. The molecule has 104 heavy (non-hydrogen) atoms. The molecule has 0 unspecified atom stereocenters. The number of hydrogen-bond acceptors (Lipinski definition) is 17. The summed E-state index contributed by atoms with van der Waals surface area (Å²) in [6.45, 7) is 16.4. The van der Waals surface area contributed by atoms with Gasteiger partial charge in [0.2, 0.25) is 0 Å². The van der Waals surface area contributed by atoms with E-state index >= 15 is 0 Å². The van der Waals surface area contributed by atoms with Crippen LogP contribution in [0.5, 0.6) is 0 Å². The van der Waals surface area contributed by atoms with Crippen molar-refractivity contribution in [3.8, 4) is 0 Å². The molecule has 0 saturated heterocycles. The van der Waals surface area contributed by atoms with Crippen LogP contribution in [0.2, 0.25) is 0 Å². The number of unbranched alkanes of at least 4 members (excludes halogenated alkanes) is 7. The number of aliphatic carboxylic acids is 8. The standard InChI is InChI=1S/C11H15NO4.C10H14N2O4.C10H13NO4.3C7H13N.C3H7NO2.C3H6O3.2C2H2O4.C2H4O2.2ClH.3Pt/c13-9-6-7-10(14)12(9)8-4-2-1-3-5-11(15)16;13-8-4-5-9(14)12(8)7-3-1-2-6-11-10(15)16;12-8-5-6-9(13)11(8)7-3-1-2-4-10(14)15;3*1-6-4-2-3-5-7(6)8;1-2-4-3(5)6;1-6-2-3(4)5;2*3-1(4)2(5)6;1-2(3)4;;;;;/h6-7H,1-5,8H2,(H,15,16);4-5,11H,1-3,6-7H2,(H,15,16);5-6H,1-4,7H2,(H,14,15);3*6-8H,1-5H2;4H,2H2,1H3,(H,5,6);2H2,1H3,(H,4,5);2*(H,3,4)(H,5,6);1H3,(H,3,4);2*1H;;;/q;;;3*-2;;;;;;;;2*+2;+4/p-2/t;;;3*6-,7-;;;;;;;;;;/m...111........../s1. The Morgan fingerprint density at radius 2 is 0.673 bits per heavy atom. The van der Waals surface area contributed by atoms with Gasteiger partial charge in [0, 0.05) is 96.1 Å². The first-order chi connectivity index (χ1) is 47.7. The first-order valence-corrected chi connectivity index (χ1v) is 37.6. The van der Waals surface area contributed by atoms with E-state index in [0.717, 1.165) is 51.9 Å². The maximum atomic E-state index is 11.1. The van der Waals surface area contributed by atoms with Gasteiger partial charge in [0.1, 0.15) is 6.61 Å². The number of carboxylic acid groups (broad SMARTS) is 10. The number of imide groups is 3. The predicted molar refractivity (Wildman–Crippen MR) is 367 cm³/mol. The zero-order valence-corrected chi connectivity index (χ0v) is 66.5. The van der Waals surface area contributed by atoms with Gasteiger partial charge >= 0.3 is 131 Å². The summed E-state index contributed by atoms with van der Waals surface area (Å²) in [6, 6.07) is 0.427. The van der Waals surface area contributed by atoms with Crippen LogP contribution in [0.25, 0.3) is 17.2 Å². The second-order valence-electron chi connectivity index (χ2n) is 21.9. The zero-order chi connectivity index (χ0) is 79.7. The number of ether oxygens (including phenoxy) is 1. The molecule has 35 nitrogen and oxygen atoms in total. The first-order valence-electron chi connectivity index (χ1n) is 32.0. The smallest absolute Gasteiger partial charge is 2.00 e. The Kier molecular flexibility index (Phi) is 81.3. The van der Waals surface area contributed by atoms with Crippen LogP contribution in [0, 0.1) is 38.5 Å². The van der Waals surface area contributed by atoms with E-state index in [0.29, 0.717) is 89.0 Å². The number of halogens is 2. The van der Waals surface area contributed by atoms with Crippen LogP contribution in [-0.2, 0) is 130 Å². The second-order valence-corrected chi connectivity index (χ2v) is 25.2. The Labute approximate surface area is 651 Å². The molecule has 0 aromatic heterocycles. The summed E-state index contributed by atoms with van der Waals surface area (Å²) in [5.41, 5.74) is 22.2. The van der Waals surface area contributed by atoms with E-state index in [1.54, 1.807) is 6.92 Å². The van der Waals surface area contributed by atoms with Crippen LogP contribution in [-0.4, -0.2) is 226 Å². The quantitative estimate of drug-likeness (QED) is 0.0208. The molecule has 3 fully saturated rings. The number of methoxy groups -OCH3 is 1. The molecule has 0 radical (unpaired) electrons. The minimum Gasteiger partial charge on any atom is 2.00 e. The zero-order valence-electron chi connectivity index (χ0n) is 58.2. The first kappa shape index (κ1) is 113. The summed E-state index contributed by atoms with van der Waals surface area (Å²) in [6.07, 6.45) is 27.4. The van der Waals surface area contributed by atoms with Crippen molar-refractivity contribution in [2.45, 2.75) is 186 Å². The van der Waals surface area contributed by atoms with Crippen LogP contribution >= 0.6 is 18.8 Å². The average Bonchev–Trinajstić information content (AvgIpc) is 1.76. The van der Waals surface area contributed by atoms with Gasteiger partial charge < -0.3 is 104 Å². The van der Waals surface area contributed by atoms with Crippen LogP contribution in [0.15, 0.2) is 36.5 Å². The van der Waals surface area contributed by atoms with Crippen LogP contribution in [0.1, 0.15) is 168 Å². The number of amides is 8. The number of carbonyl (C=O) groups excluding carboxylic acids is 6. The SMILES string of the molecule is CC(=O)O.CCNC(=O)O.COCC(=O)O.O=C(O)C(=O)O.O=C(O)C(=O)O.O=C(O)CCCCCCN1C(=O)C=CC1=O.O=C(O)CCCCCN1C(=O)C=CC1=O.O=C(O)NCCCCCN1C(=O)C=CC1=O.[CH2-][C@@H]1CCCC[C@H]1[NH-].[CH2-][C@@H]1CCCC[C@H]1[NH-].[CH2-][C@@H]1CCCC[C@H]1[NH-].[Cl][Pt+2][Cl].[Pt+2].[Pt+2]. The molecule has 0 spiro atoms. The summed E-state index contributed by atoms with van der Waals surface area (Å²) in [5.74, 6) is -11.0. The number of hydrogen-bond donors (Lipinski definition) is 12. The maximum Gasteiger partial charge on any atom is 2.00 e. The molecular formula is C64H102Cl2N8O27Pt3. The molecule has 40 heteroatoms. The summed E-state index contributed by atoms with van der Waals surface area (Å²) in [4.78, 5) is 165. The molecular weight excluding hydrogens is 1970 g/mol. The average molecular weight is 2070 g/mol. The molecule has 604 valence electrons. The Morgan fingerprint density at radius 3 is 0.837 bits per heavy atom. The van der Waals surface area contributed by atoms with E-state index in [1.165, 1.54) is 116 Å². The number of nitrogens with zero attached hydrogens (tertiary/aromatic N) is 3. The predicted octanol–water partition coefficient (Wildman–Crippen LogP) is 8.91. The van der Waals surface area contributed by atoms with Crippen molar-refractivity contribution < 1.29 is 191 Å². The van der Waals surface area contributed by atoms with Gasteiger partial charge in [0.15, 0.2) is 0 Å².